The standard InChI is InChI=1S/C12H9ClN2O/c13-10-1-3-11(4-2-10)15-7-9-5-6-14-8-12(9)16/h1-8,16H. The van der Waals surface area contributed by atoms with E-state index < -0.39 is 0 Å². The van der Waals surface area contributed by atoms with Gasteiger partial charge in [-0.1, -0.05) is 11.6 Å². The van der Waals surface area contributed by atoms with Crippen LogP contribution in [0.1, 0.15) is 5.56 Å². The van der Waals surface area contributed by atoms with Gasteiger partial charge in [0.2, 0.25) is 0 Å². The summed E-state index contributed by atoms with van der Waals surface area (Å²) >= 11 is 5.75. The number of halogens is 1. The Kier molecular flexibility index (Phi) is 3.17. The molecule has 3 nitrogen and oxygen atoms in total. The van der Waals surface area contributed by atoms with Crippen molar-refractivity contribution in [3.63, 3.8) is 0 Å². The van der Waals surface area contributed by atoms with Crippen LogP contribution in [0.3, 0.4) is 0 Å². The summed E-state index contributed by atoms with van der Waals surface area (Å²) < 4.78 is 0. The molecule has 0 unspecified atom stereocenters. The fraction of sp³-hybridized carbons (Fsp3) is 0. The summed E-state index contributed by atoms with van der Waals surface area (Å²) in [4.78, 5) is 7.99. The monoisotopic (exact) mass is 232 g/mol. The Morgan fingerprint density at radius 2 is 1.94 bits per heavy atom. The number of aromatic nitrogens is 1. The molecule has 0 spiro atoms. The number of benzene rings is 1. The van der Waals surface area contributed by atoms with Crippen LogP contribution >= 0.6 is 11.6 Å². The van der Waals surface area contributed by atoms with Gasteiger partial charge in [0.05, 0.1) is 11.9 Å². The second-order valence-corrected chi connectivity index (χ2v) is 3.61. The Hall–Kier alpha value is -1.87. The van der Waals surface area contributed by atoms with Gasteiger partial charge in [0, 0.05) is 23.0 Å². The first-order valence-electron chi connectivity index (χ1n) is 4.68. The molecule has 4 heteroatoms. The van der Waals surface area contributed by atoms with Crippen LogP contribution in [0.4, 0.5) is 5.69 Å². The summed E-state index contributed by atoms with van der Waals surface area (Å²) in [7, 11) is 0. The van der Waals surface area contributed by atoms with Crippen LogP contribution in [0.15, 0.2) is 47.7 Å². The Bertz CT molecular complexity index is 509. The van der Waals surface area contributed by atoms with Crippen molar-refractivity contribution in [3.05, 3.63) is 53.3 Å². The Morgan fingerprint density at radius 3 is 2.62 bits per heavy atom. The molecule has 1 heterocycles. The molecular formula is C12H9ClN2O. The number of hydrogen-bond acceptors (Lipinski definition) is 3. The lowest BCUT2D eigenvalue weighted by Gasteiger charge is -1.96. The van der Waals surface area contributed by atoms with E-state index in [2.05, 4.69) is 9.98 Å². The first kappa shape index (κ1) is 10.6. The van der Waals surface area contributed by atoms with Crippen LogP contribution in [0.25, 0.3) is 0 Å². The molecule has 0 bridgehead atoms. The van der Waals surface area contributed by atoms with E-state index in [-0.39, 0.29) is 5.75 Å². The highest BCUT2D eigenvalue weighted by Gasteiger charge is 1.95. The lowest BCUT2D eigenvalue weighted by Crippen LogP contribution is -1.82. The zero-order valence-electron chi connectivity index (χ0n) is 8.34. The van der Waals surface area contributed by atoms with E-state index in [1.807, 2.05) is 0 Å². The normalized spacial score (nSPS) is 10.8. The summed E-state index contributed by atoms with van der Waals surface area (Å²) in [5.74, 6) is 0.111. The molecular weight excluding hydrogens is 224 g/mol. The first-order chi connectivity index (χ1) is 7.75. The molecule has 0 saturated heterocycles. The Balaban J connectivity index is 2.21. The van der Waals surface area contributed by atoms with Crippen molar-refractivity contribution in [3.8, 4) is 5.75 Å². The van der Waals surface area contributed by atoms with Crippen molar-refractivity contribution in [2.75, 3.05) is 0 Å². The zero-order valence-corrected chi connectivity index (χ0v) is 9.09. The third-order valence-electron chi connectivity index (χ3n) is 2.01. The maximum atomic E-state index is 9.46. The summed E-state index contributed by atoms with van der Waals surface area (Å²) in [5, 5.41) is 10.1. The van der Waals surface area contributed by atoms with E-state index in [4.69, 9.17) is 11.6 Å². The highest BCUT2D eigenvalue weighted by molar-refractivity contribution is 6.30. The summed E-state index contributed by atoms with van der Waals surface area (Å²) in [6, 6.07) is 8.82. The Morgan fingerprint density at radius 1 is 1.19 bits per heavy atom. The minimum atomic E-state index is 0.111. The van der Waals surface area contributed by atoms with E-state index in [9.17, 15) is 5.11 Å². The molecule has 0 fully saturated rings. The number of pyridine rings is 1. The largest absolute Gasteiger partial charge is 0.506 e. The van der Waals surface area contributed by atoms with Crippen molar-refractivity contribution in [1.82, 2.24) is 4.98 Å². The molecule has 0 aliphatic rings. The van der Waals surface area contributed by atoms with Gasteiger partial charge >= 0.3 is 0 Å². The fourth-order valence-corrected chi connectivity index (χ4v) is 1.30. The summed E-state index contributed by atoms with van der Waals surface area (Å²) in [5.41, 5.74) is 1.41. The van der Waals surface area contributed by atoms with Crippen molar-refractivity contribution >= 4 is 23.5 Å². The fourth-order valence-electron chi connectivity index (χ4n) is 1.18. The van der Waals surface area contributed by atoms with Crippen molar-refractivity contribution in [2.45, 2.75) is 0 Å². The van der Waals surface area contributed by atoms with Crippen molar-refractivity contribution in [1.29, 1.82) is 0 Å². The predicted molar refractivity (Wildman–Crippen MR) is 64.6 cm³/mol. The summed E-state index contributed by atoms with van der Waals surface area (Å²) in [6.45, 7) is 0. The molecule has 0 aliphatic carbocycles. The molecule has 1 aromatic carbocycles. The van der Waals surface area contributed by atoms with E-state index >= 15 is 0 Å². The number of rotatable bonds is 2. The van der Waals surface area contributed by atoms with Crippen LogP contribution in [0.5, 0.6) is 5.75 Å². The number of nitrogens with zero attached hydrogens (tertiary/aromatic N) is 2. The van der Waals surface area contributed by atoms with Crippen LogP contribution < -0.4 is 0 Å². The SMILES string of the molecule is Oc1cnccc1C=Nc1ccc(Cl)cc1. The van der Waals surface area contributed by atoms with Crippen molar-refractivity contribution in [2.24, 2.45) is 4.99 Å². The van der Waals surface area contributed by atoms with Gasteiger partial charge in [-0.25, -0.2) is 0 Å². The topological polar surface area (TPSA) is 45.5 Å². The molecule has 0 radical (unpaired) electrons. The van der Waals surface area contributed by atoms with E-state index in [1.54, 1.807) is 42.7 Å². The van der Waals surface area contributed by atoms with E-state index in [0.29, 0.717) is 10.6 Å². The molecule has 1 N–H and O–H groups in total. The van der Waals surface area contributed by atoms with Gasteiger partial charge in [-0.2, -0.15) is 0 Å². The minimum Gasteiger partial charge on any atom is -0.506 e. The number of hydrogen-bond donors (Lipinski definition) is 1. The molecule has 0 aliphatic heterocycles. The van der Waals surface area contributed by atoms with Gasteiger partial charge in [0.15, 0.2) is 0 Å². The molecule has 0 atom stereocenters. The maximum absolute atomic E-state index is 9.46. The first-order valence-corrected chi connectivity index (χ1v) is 5.06. The smallest absolute Gasteiger partial charge is 0.142 e. The average Bonchev–Trinajstić information content (AvgIpc) is 2.30. The van der Waals surface area contributed by atoms with E-state index in [0.717, 1.165) is 5.69 Å². The molecule has 80 valence electrons. The zero-order chi connectivity index (χ0) is 11.4. The lowest BCUT2D eigenvalue weighted by atomic mass is 10.2. The van der Waals surface area contributed by atoms with Crippen LogP contribution in [-0.2, 0) is 0 Å². The molecule has 1 aromatic heterocycles. The Labute approximate surface area is 98.1 Å². The van der Waals surface area contributed by atoms with Crippen LogP contribution in [-0.4, -0.2) is 16.3 Å². The molecule has 2 aromatic rings. The van der Waals surface area contributed by atoms with Crippen molar-refractivity contribution < 1.29 is 5.11 Å². The van der Waals surface area contributed by atoms with Crippen LogP contribution in [0.2, 0.25) is 5.02 Å². The lowest BCUT2D eigenvalue weighted by molar-refractivity contribution is 0.472. The second kappa shape index (κ2) is 4.77. The third-order valence-corrected chi connectivity index (χ3v) is 2.26. The predicted octanol–water partition coefficient (Wildman–Crippen LogP) is 3.19. The highest BCUT2D eigenvalue weighted by atomic mass is 35.5. The number of aliphatic imine (C=N–C) groups is 1. The van der Waals surface area contributed by atoms with Crippen LogP contribution in [0, 0.1) is 0 Å². The van der Waals surface area contributed by atoms with E-state index in [1.165, 1.54) is 6.20 Å². The van der Waals surface area contributed by atoms with Gasteiger partial charge in [-0.3, -0.25) is 9.98 Å². The minimum absolute atomic E-state index is 0.111. The molecule has 2 rings (SSSR count). The average molecular weight is 233 g/mol. The van der Waals surface area contributed by atoms with Gasteiger partial charge in [-0.15, -0.1) is 0 Å². The maximum Gasteiger partial charge on any atom is 0.142 e. The van der Waals surface area contributed by atoms with Gasteiger partial charge in [0.25, 0.3) is 0 Å². The van der Waals surface area contributed by atoms with Gasteiger partial charge < -0.3 is 5.11 Å². The van der Waals surface area contributed by atoms with Gasteiger partial charge in [0.1, 0.15) is 5.75 Å². The second-order valence-electron chi connectivity index (χ2n) is 3.17. The third kappa shape index (κ3) is 2.58. The quantitative estimate of drug-likeness (QED) is 0.809. The molecule has 0 saturated carbocycles. The molecule has 0 amide bonds. The van der Waals surface area contributed by atoms with Gasteiger partial charge in [-0.05, 0) is 30.3 Å². The number of aromatic hydroxyl groups is 1. The summed E-state index contributed by atoms with van der Waals surface area (Å²) in [6.07, 6.45) is 4.56. The highest BCUT2D eigenvalue weighted by Crippen LogP contribution is 2.17. The molecule has 16 heavy (non-hydrogen) atoms.